The van der Waals surface area contributed by atoms with Crippen molar-refractivity contribution in [3.8, 4) is 0 Å². The van der Waals surface area contributed by atoms with Crippen LogP contribution in [0.15, 0.2) is 24.4 Å². The molecule has 21 heavy (non-hydrogen) atoms. The Labute approximate surface area is 124 Å². The first-order valence-electron chi connectivity index (χ1n) is 7.09. The van der Waals surface area contributed by atoms with Crippen molar-refractivity contribution in [2.45, 2.75) is 33.9 Å². The van der Waals surface area contributed by atoms with E-state index in [1.807, 2.05) is 39.0 Å². The number of hydrogen-bond donors (Lipinski definition) is 1. The molecular weight excluding hydrogens is 266 g/mol. The van der Waals surface area contributed by atoms with Crippen molar-refractivity contribution < 1.29 is 4.79 Å². The van der Waals surface area contributed by atoms with E-state index in [9.17, 15) is 4.79 Å². The summed E-state index contributed by atoms with van der Waals surface area (Å²) in [6.07, 6.45) is 1.69. The van der Waals surface area contributed by atoms with Crippen molar-refractivity contribution in [3.05, 3.63) is 41.5 Å². The lowest BCUT2D eigenvalue weighted by molar-refractivity contribution is 0.0744. The number of rotatable bonds is 5. The van der Waals surface area contributed by atoms with E-state index in [-0.39, 0.29) is 5.91 Å². The van der Waals surface area contributed by atoms with Crippen molar-refractivity contribution in [1.29, 1.82) is 0 Å². The Morgan fingerprint density at radius 3 is 2.71 bits per heavy atom. The third-order valence-electron chi connectivity index (χ3n) is 3.28. The van der Waals surface area contributed by atoms with Crippen LogP contribution in [-0.4, -0.2) is 32.1 Å². The van der Waals surface area contributed by atoms with Gasteiger partial charge in [0.15, 0.2) is 5.69 Å². The summed E-state index contributed by atoms with van der Waals surface area (Å²) in [5.41, 5.74) is 8.40. The number of carbonyl (C=O) groups excluding carboxylic acids is 1. The van der Waals surface area contributed by atoms with Gasteiger partial charge >= 0.3 is 0 Å². The molecule has 2 N–H and O–H groups in total. The molecule has 6 nitrogen and oxygen atoms in total. The van der Waals surface area contributed by atoms with Crippen molar-refractivity contribution in [3.63, 3.8) is 0 Å². The average Bonchev–Trinajstić information content (AvgIpc) is 2.85. The van der Waals surface area contributed by atoms with Gasteiger partial charge in [-0.25, -0.2) is 0 Å². The minimum absolute atomic E-state index is 0.162. The Balaban J connectivity index is 2.20. The maximum Gasteiger partial charge on any atom is 0.276 e. The monoisotopic (exact) mass is 287 g/mol. The highest BCUT2D eigenvalue weighted by Gasteiger charge is 2.21. The second kappa shape index (κ2) is 6.39. The van der Waals surface area contributed by atoms with E-state index >= 15 is 0 Å². The number of nitrogens with zero attached hydrogens (tertiary/aromatic N) is 4. The van der Waals surface area contributed by atoms with E-state index in [0.29, 0.717) is 31.0 Å². The molecule has 0 aliphatic rings. The van der Waals surface area contributed by atoms with Crippen molar-refractivity contribution in [2.75, 3.05) is 12.3 Å². The van der Waals surface area contributed by atoms with E-state index in [2.05, 4.69) is 10.1 Å². The summed E-state index contributed by atoms with van der Waals surface area (Å²) < 4.78 is 1.67. The predicted molar refractivity (Wildman–Crippen MR) is 81.7 cm³/mol. The van der Waals surface area contributed by atoms with Gasteiger partial charge in [-0.3, -0.25) is 14.5 Å². The first kappa shape index (κ1) is 15.0. The van der Waals surface area contributed by atoms with E-state index in [1.165, 1.54) is 0 Å². The summed E-state index contributed by atoms with van der Waals surface area (Å²) in [5, 5.41) is 4.24. The number of amides is 1. The van der Waals surface area contributed by atoms with Crippen LogP contribution in [0.4, 0.5) is 5.69 Å². The van der Waals surface area contributed by atoms with Crippen molar-refractivity contribution in [1.82, 2.24) is 19.7 Å². The van der Waals surface area contributed by atoms with Crippen LogP contribution in [0.2, 0.25) is 0 Å². The highest BCUT2D eigenvalue weighted by molar-refractivity contribution is 5.97. The minimum Gasteiger partial charge on any atom is -0.396 e. The number of pyridine rings is 1. The van der Waals surface area contributed by atoms with Crippen molar-refractivity contribution in [2.24, 2.45) is 0 Å². The third kappa shape index (κ3) is 3.39. The molecule has 0 radical (unpaired) electrons. The van der Waals surface area contributed by atoms with E-state index in [1.54, 1.807) is 15.8 Å². The van der Waals surface area contributed by atoms with Gasteiger partial charge in [0.05, 0.1) is 17.9 Å². The minimum atomic E-state index is -0.162. The summed E-state index contributed by atoms with van der Waals surface area (Å²) >= 11 is 0. The Hall–Kier alpha value is -2.37. The number of anilines is 1. The van der Waals surface area contributed by atoms with E-state index in [0.717, 1.165) is 11.4 Å². The lowest BCUT2D eigenvalue weighted by Crippen LogP contribution is -2.31. The Bertz CT molecular complexity index is 635. The predicted octanol–water partition coefficient (Wildman–Crippen LogP) is 1.85. The third-order valence-corrected chi connectivity index (χ3v) is 3.28. The van der Waals surface area contributed by atoms with Crippen LogP contribution in [0.1, 0.15) is 35.7 Å². The Kier molecular flexibility index (Phi) is 4.57. The Morgan fingerprint density at radius 2 is 2.14 bits per heavy atom. The van der Waals surface area contributed by atoms with Gasteiger partial charge in [-0.15, -0.1) is 0 Å². The van der Waals surface area contributed by atoms with Crippen molar-refractivity contribution >= 4 is 11.6 Å². The molecule has 2 heterocycles. The van der Waals surface area contributed by atoms with Crippen LogP contribution >= 0.6 is 0 Å². The molecule has 2 rings (SSSR count). The molecule has 2 aromatic rings. The molecule has 0 aliphatic heterocycles. The number of carbonyl (C=O) groups is 1. The molecule has 0 fully saturated rings. The lowest BCUT2D eigenvalue weighted by atomic mass is 10.2. The van der Waals surface area contributed by atoms with Gasteiger partial charge in [0.2, 0.25) is 0 Å². The first-order chi connectivity index (χ1) is 10.0. The SMILES string of the molecule is CCN(Cc1cccc(C)n1)C(=O)c1nn(CC)cc1N. The zero-order chi connectivity index (χ0) is 15.4. The molecular formula is C15H21N5O. The molecule has 1 amide bonds. The number of hydrogen-bond acceptors (Lipinski definition) is 4. The summed E-state index contributed by atoms with van der Waals surface area (Å²) in [7, 11) is 0. The highest BCUT2D eigenvalue weighted by Crippen LogP contribution is 2.14. The Morgan fingerprint density at radius 1 is 1.38 bits per heavy atom. The summed E-state index contributed by atoms with van der Waals surface area (Å²) in [6, 6.07) is 5.79. The zero-order valence-corrected chi connectivity index (χ0v) is 12.7. The molecule has 0 atom stereocenters. The van der Waals surface area contributed by atoms with Gasteiger partial charge in [0, 0.05) is 25.0 Å². The smallest absolute Gasteiger partial charge is 0.276 e. The maximum atomic E-state index is 12.6. The van der Waals surface area contributed by atoms with Gasteiger partial charge in [-0.05, 0) is 32.9 Å². The molecule has 112 valence electrons. The number of aryl methyl sites for hydroxylation is 2. The summed E-state index contributed by atoms with van der Waals surface area (Å²) in [4.78, 5) is 18.7. The second-order valence-corrected chi connectivity index (χ2v) is 4.88. The molecule has 2 aromatic heterocycles. The summed E-state index contributed by atoms with van der Waals surface area (Å²) in [6.45, 7) is 7.53. The van der Waals surface area contributed by atoms with Crippen LogP contribution in [0, 0.1) is 6.92 Å². The van der Waals surface area contributed by atoms with E-state index < -0.39 is 0 Å². The quantitative estimate of drug-likeness (QED) is 0.910. The molecule has 0 saturated carbocycles. The highest BCUT2D eigenvalue weighted by atomic mass is 16.2. The molecule has 6 heteroatoms. The lowest BCUT2D eigenvalue weighted by Gasteiger charge is -2.19. The zero-order valence-electron chi connectivity index (χ0n) is 12.7. The molecule has 0 aliphatic carbocycles. The maximum absolute atomic E-state index is 12.6. The molecule has 0 saturated heterocycles. The largest absolute Gasteiger partial charge is 0.396 e. The fraction of sp³-hybridized carbons (Fsp3) is 0.400. The van der Waals surface area contributed by atoms with Crippen LogP contribution in [0.5, 0.6) is 0 Å². The van der Waals surface area contributed by atoms with Gasteiger partial charge < -0.3 is 10.6 Å². The first-order valence-corrected chi connectivity index (χ1v) is 7.09. The van der Waals surface area contributed by atoms with Crippen LogP contribution in [0.25, 0.3) is 0 Å². The van der Waals surface area contributed by atoms with Gasteiger partial charge in [-0.1, -0.05) is 6.07 Å². The topological polar surface area (TPSA) is 77.0 Å². The summed E-state index contributed by atoms with van der Waals surface area (Å²) in [5.74, 6) is -0.162. The van der Waals surface area contributed by atoms with Gasteiger partial charge in [0.1, 0.15) is 0 Å². The average molecular weight is 287 g/mol. The molecule has 0 unspecified atom stereocenters. The fourth-order valence-corrected chi connectivity index (χ4v) is 2.13. The molecule has 0 bridgehead atoms. The van der Waals surface area contributed by atoms with Gasteiger partial charge in [0.25, 0.3) is 5.91 Å². The number of nitrogen functional groups attached to an aromatic ring is 1. The number of aromatic nitrogens is 3. The standard InChI is InChI=1S/C15H21N5O/c1-4-19(9-12-8-6-7-11(3)17-12)15(21)14-13(16)10-20(5-2)18-14/h6-8,10H,4-5,9,16H2,1-3H3. The number of nitrogens with two attached hydrogens (primary N) is 1. The molecule has 0 spiro atoms. The van der Waals surface area contributed by atoms with Crippen LogP contribution in [0.3, 0.4) is 0 Å². The van der Waals surface area contributed by atoms with E-state index in [4.69, 9.17) is 5.73 Å². The molecule has 0 aromatic carbocycles. The van der Waals surface area contributed by atoms with Crippen LogP contribution in [-0.2, 0) is 13.1 Å². The van der Waals surface area contributed by atoms with Crippen LogP contribution < -0.4 is 5.73 Å². The fourth-order valence-electron chi connectivity index (χ4n) is 2.13. The van der Waals surface area contributed by atoms with Gasteiger partial charge in [-0.2, -0.15) is 5.10 Å². The second-order valence-electron chi connectivity index (χ2n) is 4.88. The normalized spacial score (nSPS) is 10.6.